The van der Waals surface area contributed by atoms with E-state index >= 15 is 0 Å². The number of hydrogen-bond acceptors (Lipinski definition) is 4. The number of aromatic nitrogens is 1. The van der Waals surface area contributed by atoms with Crippen molar-refractivity contribution in [1.29, 1.82) is 0 Å². The first-order valence-electron chi connectivity index (χ1n) is 5.16. The predicted octanol–water partition coefficient (Wildman–Crippen LogP) is 1.75. The summed E-state index contributed by atoms with van der Waals surface area (Å²) in [7, 11) is 0. The second-order valence-corrected chi connectivity index (χ2v) is 4.58. The zero-order valence-electron chi connectivity index (χ0n) is 9.03. The first kappa shape index (κ1) is 11.2. The van der Waals surface area contributed by atoms with Gasteiger partial charge in [-0.3, -0.25) is 4.79 Å². The van der Waals surface area contributed by atoms with Gasteiger partial charge in [-0.05, 0) is 19.1 Å². The van der Waals surface area contributed by atoms with Crippen LogP contribution in [0.3, 0.4) is 0 Å². The third kappa shape index (κ3) is 3.08. The van der Waals surface area contributed by atoms with Crippen LogP contribution in [0.1, 0.15) is 18.4 Å². The highest BCUT2D eigenvalue weighted by molar-refractivity contribution is 7.07. The number of thiazole rings is 1. The fraction of sp³-hybridized carbons (Fsp3) is 0.364. The maximum absolute atomic E-state index is 10.9. The summed E-state index contributed by atoms with van der Waals surface area (Å²) in [5, 5.41) is 5.17. The van der Waals surface area contributed by atoms with Crippen LogP contribution in [0.25, 0.3) is 0 Å². The zero-order valence-corrected chi connectivity index (χ0v) is 9.84. The van der Waals surface area contributed by atoms with Crippen LogP contribution >= 0.6 is 11.3 Å². The van der Waals surface area contributed by atoms with Gasteiger partial charge in [0, 0.05) is 30.1 Å². The third-order valence-electron chi connectivity index (χ3n) is 2.30. The van der Waals surface area contributed by atoms with Gasteiger partial charge in [0.05, 0.1) is 6.26 Å². The molecule has 0 bridgehead atoms. The van der Waals surface area contributed by atoms with E-state index < -0.39 is 0 Å². The number of aromatic amines is 1. The van der Waals surface area contributed by atoms with Gasteiger partial charge in [-0.15, -0.1) is 0 Å². The molecule has 0 amide bonds. The van der Waals surface area contributed by atoms with Crippen molar-refractivity contribution in [2.45, 2.75) is 25.9 Å². The molecule has 0 saturated carbocycles. The van der Waals surface area contributed by atoms with E-state index in [4.69, 9.17) is 4.42 Å². The SMILES string of the molecule is CC(Cc1ccco1)NCc1csc(=O)[nH]1. The Bertz CT molecular complexity index is 472. The Labute approximate surface area is 97.3 Å². The maximum atomic E-state index is 10.9. The number of hydrogen-bond donors (Lipinski definition) is 2. The lowest BCUT2D eigenvalue weighted by molar-refractivity contribution is 0.455. The van der Waals surface area contributed by atoms with Crippen molar-refractivity contribution in [3.63, 3.8) is 0 Å². The number of nitrogens with one attached hydrogen (secondary N) is 2. The van der Waals surface area contributed by atoms with Crippen LogP contribution in [0.5, 0.6) is 0 Å². The highest BCUT2D eigenvalue weighted by Crippen LogP contribution is 2.04. The molecule has 0 radical (unpaired) electrons. The lowest BCUT2D eigenvalue weighted by Crippen LogP contribution is -2.27. The van der Waals surface area contributed by atoms with Crippen molar-refractivity contribution in [1.82, 2.24) is 10.3 Å². The normalized spacial score (nSPS) is 12.8. The molecule has 0 spiro atoms. The van der Waals surface area contributed by atoms with Crippen LogP contribution in [0.4, 0.5) is 0 Å². The van der Waals surface area contributed by atoms with Crippen LogP contribution < -0.4 is 10.2 Å². The molecule has 0 fully saturated rings. The van der Waals surface area contributed by atoms with Crippen LogP contribution in [-0.4, -0.2) is 11.0 Å². The molecule has 0 aromatic carbocycles. The molecule has 1 unspecified atom stereocenters. The molecule has 5 heteroatoms. The van der Waals surface area contributed by atoms with Crippen molar-refractivity contribution in [3.05, 3.63) is 44.9 Å². The Balaban J connectivity index is 1.80. The van der Waals surface area contributed by atoms with E-state index in [1.165, 1.54) is 11.3 Å². The Kier molecular flexibility index (Phi) is 3.58. The first-order valence-corrected chi connectivity index (χ1v) is 6.04. The summed E-state index contributed by atoms with van der Waals surface area (Å²) >= 11 is 1.19. The van der Waals surface area contributed by atoms with Gasteiger partial charge in [-0.2, -0.15) is 0 Å². The van der Waals surface area contributed by atoms with Gasteiger partial charge in [0.25, 0.3) is 0 Å². The molecule has 16 heavy (non-hydrogen) atoms. The van der Waals surface area contributed by atoms with Gasteiger partial charge >= 0.3 is 4.87 Å². The quantitative estimate of drug-likeness (QED) is 0.834. The Morgan fingerprint density at radius 3 is 3.12 bits per heavy atom. The monoisotopic (exact) mass is 238 g/mol. The van der Waals surface area contributed by atoms with Crippen LogP contribution in [0.15, 0.2) is 33.0 Å². The summed E-state index contributed by atoms with van der Waals surface area (Å²) < 4.78 is 5.26. The highest BCUT2D eigenvalue weighted by atomic mass is 32.1. The largest absolute Gasteiger partial charge is 0.469 e. The van der Waals surface area contributed by atoms with E-state index in [1.807, 2.05) is 17.5 Å². The van der Waals surface area contributed by atoms with Crippen molar-refractivity contribution < 1.29 is 4.42 Å². The van der Waals surface area contributed by atoms with Gasteiger partial charge in [0.2, 0.25) is 0 Å². The predicted molar refractivity (Wildman–Crippen MR) is 63.7 cm³/mol. The molecule has 0 aliphatic heterocycles. The summed E-state index contributed by atoms with van der Waals surface area (Å²) in [6.07, 6.45) is 2.53. The van der Waals surface area contributed by atoms with Gasteiger partial charge < -0.3 is 14.7 Å². The minimum Gasteiger partial charge on any atom is -0.469 e. The molecule has 1 atom stereocenters. The van der Waals surface area contributed by atoms with E-state index in [0.717, 1.165) is 17.9 Å². The van der Waals surface area contributed by atoms with E-state index in [2.05, 4.69) is 17.2 Å². The summed E-state index contributed by atoms with van der Waals surface area (Å²) in [5.74, 6) is 0.971. The third-order valence-corrected chi connectivity index (χ3v) is 3.02. The van der Waals surface area contributed by atoms with Crippen LogP contribution in [0.2, 0.25) is 0 Å². The molecule has 2 heterocycles. The Morgan fingerprint density at radius 1 is 1.62 bits per heavy atom. The van der Waals surface area contributed by atoms with Gasteiger partial charge in [0.15, 0.2) is 0 Å². The molecule has 0 aliphatic rings. The molecule has 2 aromatic heterocycles. The van der Waals surface area contributed by atoms with E-state index in [9.17, 15) is 4.79 Å². The zero-order chi connectivity index (χ0) is 11.4. The molecule has 2 N–H and O–H groups in total. The Hall–Kier alpha value is -1.33. The smallest absolute Gasteiger partial charge is 0.304 e. The summed E-state index contributed by atoms with van der Waals surface area (Å²) in [6, 6.07) is 4.16. The van der Waals surface area contributed by atoms with Crippen molar-refractivity contribution in [3.8, 4) is 0 Å². The lowest BCUT2D eigenvalue weighted by Gasteiger charge is -2.10. The fourth-order valence-electron chi connectivity index (χ4n) is 1.49. The molecule has 4 nitrogen and oxygen atoms in total. The molecule has 86 valence electrons. The molecule has 2 aromatic rings. The molecular weight excluding hydrogens is 224 g/mol. The molecule has 0 aliphatic carbocycles. The lowest BCUT2D eigenvalue weighted by atomic mass is 10.2. The van der Waals surface area contributed by atoms with Crippen molar-refractivity contribution in [2.75, 3.05) is 0 Å². The second kappa shape index (κ2) is 5.14. The second-order valence-electron chi connectivity index (χ2n) is 3.74. The van der Waals surface area contributed by atoms with E-state index in [0.29, 0.717) is 12.6 Å². The summed E-state index contributed by atoms with van der Waals surface area (Å²) in [4.78, 5) is 13.7. The van der Waals surface area contributed by atoms with Gasteiger partial charge in [0.1, 0.15) is 5.76 Å². The minimum atomic E-state index is -0.00418. The van der Waals surface area contributed by atoms with Crippen LogP contribution in [0, 0.1) is 0 Å². The fourth-order valence-corrected chi connectivity index (χ4v) is 2.07. The highest BCUT2D eigenvalue weighted by Gasteiger charge is 2.05. The molecular formula is C11H14N2O2S. The topological polar surface area (TPSA) is 58.0 Å². The first-order chi connectivity index (χ1) is 7.74. The number of furan rings is 1. The molecule has 2 rings (SSSR count). The standard InChI is InChI=1S/C11H14N2O2S/c1-8(5-10-3-2-4-15-10)12-6-9-7-16-11(14)13-9/h2-4,7-8,12H,5-6H2,1H3,(H,13,14). The van der Waals surface area contributed by atoms with Gasteiger partial charge in [-0.1, -0.05) is 11.3 Å². The summed E-state index contributed by atoms with van der Waals surface area (Å²) in [5.41, 5.74) is 0.932. The van der Waals surface area contributed by atoms with Crippen molar-refractivity contribution >= 4 is 11.3 Å². The van der Waals surface area contributed by atoms with Gasteiger partial charge in [-0.25, -0.2) is 0 Å². The van der Waals surface area contributed by atoms with Crippen LogP contribution in [-0.2, 0) is 13.0 Å². The number of rotatable bonds is 5. The molecule has 0 saturated heterocycles. The summed E-state index contributed by atoms with van der Waals surface area (Å²) in [6.45, 7) is 2.77. The van der Waals surface area contributed by atoms with Crippen molar-refractivity contribution in [2.24, 2.45) is 0 Å². The maximum Gasteiger partial charge on any atom is 0.304 e. The van der Waals surface area contributed by atoms with E-state index in [-0.39, 0.29) is 4.87 Å². The minimum absolute atomic E-state index is 0.00418. The average molecular weight is 238 g/mol. The average Bonchev–Trinajstić information content (AvgIpc) is 2.87. The number of H-pyrrole nitrogens is 1. The van der Waals surface area contributed by atoms with E-state index in [1.54, 1.807) is 6.26 Å². The Morgan fingerprint density at radius 2 is 2.50 bits per heavy atom.